The van der Waals surface area contributed by atoms with Gasteiger partial charge in [-0.3, -0.25) is 0 Å². The molecule has 1 fully saturated rings. The Bertz CT molecular complexity index is 408. The standard InChI is InChI=1S/C16H24N2/c1-2-13-6-3-7-15-14(11-18-16(13)15)9-12-5-4-8-17-10-12/h3,6-7,12,14,17-18H,2,4-5,8-11H2,1H3/t12-,14?/m1/s1. The van der Waals surface area contributed by atoms with Crippen molar-refractivity contribution < 1.29 is 0 Å². The van der Waals surface area contributed by atoms with Crippen LogP contribution < -0.4 is 10.6 Å². The van der Waals surface area contributed by atoms with Gasteiger partial charge in [0.25, 0.3) is 0 Å². The summed E-state index contributed by atoms with van der Waals surface area (Å²) in [6, 6.07) is 6.82. The van der Waals surface area contributed by atoms with Crippen molar-refractivity contribution in [3.8, 4) is 0 Å². The second-order valence-electron chi connectivity index (χ2n) is 5.76. The zero-order chi connectivity index (χ0) is 12.4. The van der Waals surface area contributed by atoms with Gasteiger partial charge in [0.15, 0.2) is 0 Å². The number of hydrogen-bond acceptors (Lipinski definition) is 2. The lowest BCUT2D eigenvalue weighted by molar-refractivity contribution is 0.340. The van der Waals surface area contributed by atoms with Crippen molar-refractivity contribution in [3.63, 3.8) is 0 Å². The number of benzene rings is 1. The Balaban J connectivity index is 1.73. The van der Waals surface area contributed by atoms with E-state index in [9.17, 15) is 0 Å². The third-order valence-corrected chi connectivity index (χ3v) is 4.55. The van der Waals surface area contributed by atoms with Crippen molar-refractivity contribution in [1.82, 2.24) is 5.32 Å². The molecular formula is C16H24N2. The van der Waals surface area contributed by atoms with E-state index in [0.717, 1.165) is 24.8 Å². The maximum absolute atomic E-state index is 3.64. The third kappa shape index (κ3) is 2.26. The predicted molar refractivity (Wildman–Crippen MR) is 77.3 cm³/mol. The van der Waals surface area contributed by atoms with Crippen LogP contribution in [0.5, 0.6) is 0 Å². The lowest BCUT2D eigenvalue weighted by Crippen LogP contribution is -2.30. The first kappa shape index (κ1) is 12.0. The van der Waals surface area contributed by atoms with Crippen LogP contribution in [-0.4, -0.2) is 19.6 Å². The second kappa shape index (κ2) is 5.31. The molecule has 2 atom stereocenters. The van der Waals surface area contributed by atoms with E-state index >= 15 is 0 Å². The second-order valence-corrected chi connectivity index (χ2v) is 5.76. The van der Waals surface area contributed by atoms with Gasteiger partial charge >= 0.3 is 0 Å². The van der Waals surface area contributed by atoms with Gasteiger partial charge in [-0.2, -0.15) is 0 Å². The molecule has 3 rings (SSSR count). The highest BCUT2D eigenvalue weighted by molar-refractivity contribution is 5.63. The average molecular weight is 244 g/mol. The van der Waals surface area contributed by atoms with Gasteiger partial charge < -0.3 is 10.6 Å². The molecule has 0 radical (unpaired) electrons. The summed E-state index contributed by atoms with van der Waals surface area (Å²) in [5.41, 5.74) is 4.49. The van der Waals surface area contributed by atoms with Crippen molar-refractivity contribution in [2.45, 2.75) is 38.5 Å². The third-order valence-electron chi connectivity index (χ3n) is 4.55. The Morgan fingerprint density at radius 1 is 1.28 bits per heavy atom. The van der Waals surface area contributed by atoms with Crippen LogP contribution in [0.4, 0.5) is 5.69 Å². The highest BCUT2D eigenvalue weighted by Crippen LogP contribution is 2.38. The van der Waals surface area contributed by atoms with Crippen LogP contribution in [0.15, 0.2) is 18.2 Å². The molecule has 2 heterocycles. The number of piperidine rings is 1. The molecule has 0 aromatic heterocycles. The minimum atomic E-state index is 0.733. The highest BCUT2D eigenvalue weighted by Gasteiger charge is 2.26. The topological polar surface area (TPSA) is 24.1 Å². The number of hydrogen-bond donors (Lipinski definition) is 2. The maximum Gasteiger partial charge on any atom is 0.0408 e. The predicted octanol–water partition coefficient (Wildman–Crippen LogP) is 3.15. The SMILES string of the molecule is CCc1cccc2c1NCC2C[C@H]1CCCNC1. The van der Waals surface area contributed by atoms with Crippen LogP contribution in [0.25, 0.3) is 0 Å². The lowest BCUT2D eigenvalue weighted by Gasteiger charge is -2.25. The minimum Gasteiger partial charge on any atom is -0.384 e. The highest BCUT2D eigenvalue weighted by atomic mass is 14.9. The monoisotopic (exact) mass is 244 g/mol. The number of fused-ring (bicyclic) bond motifs is 1. The Hall–Kier alpha value is -1.02. The smallest absolute Gasteiger partial charge is 0.0408 e. The molecule has 2 nitrogen and oxygen atoms in total. The van der Waals surface area contributed by atoms with E-state index in [4.69, 9.17) is 0 Å². The van der Waals surface area contributed by atoms with Crippen molar-refractivity contribution in [2.24, 2.45) is 5.92 Å². The van der Waals surface area contributed by atoms with Gasteiger partial charge in [-0.15, -0.1) is 0 Å². The van der Waals surface area contributed by atoms with E-state index in [1.165, 1.54) is 43.6 Å². The fourth-order valence-corrected chi connectivity index (χ4v) is 3.54. The van der Waals surface area contributed by atoms with E-state index in [2.05, 4.69) is 35.8 Å². The first-order valence-electron chi connectivity index (χ1n) is 7.45. The number of anilines is 1. The molecule has 2 aliphatic heterocycles. The van der Waals surface area contributed by atoms with E-state index in [1.807, 2.05) is 0 Å². The van der Waals surface area contributed by atoms with Crippen LogP contribution in [0.2, 0.25) is 0 Å². The number of para-hydroxylation sites is 1. The Morgan fingerprint density at radius 3 is 3.00 bits per heavy atom. The molecule has 98 valence electrons. The van der Waals surface area contributed by atoms with Crippen LogP contribution in [0.3, 0.4) is 0 Å². The number of aryl methyl sites for hydroxylation is 1. The van der Waals surface area contributed by atoms with Crippen LogP contribution >= 0.6 is 0 Å². The summed E-state index contributed by atoms with van der Waals surface area (Å²) in [7, 11) is 0. The van der Waals surface area contributed by atoms with Gasteiger partial charge in [-0.05, 0) is 55.8 Å². The Kier molecular flexibility index (Phi) is 3.55. The van der Waals surface area contributed by atoms with Crippen molar-refractivity contribution in [2.75, 3.05) is 25.0 Å². The van der Waals surface area contributed by atoms with E-state index < -0.39 is 0 Å². The van der Waals surface area contributed by atoms with Gasteiger partial charge in [0, 0.05) is 18.2 Å². The quantitative estimate of drug-likeness (QED) is 0.853. The Morgan fingerprint density at radius 2 is 2.22 bits per heavy atom. The molecule has 1 aromatic carbocycles. The first-order chi connectivity index (χ1) is 8.88. The first-order valence-corrected chi connectivity index (χ1v) is 7.45. The summed E-state index contributed by atoms with van der Waals surface area (Å²) in [4.78, 5) is 0. The summed E-state index contributed by atoms with van der Waals surface area (Å²) in [6.45, 7) is 5.83. The minimum absolute atomic E-state index is 0.733. The molecule has 1 aromatic rings. The molecule has 2 aliphatic rings. The summed E-state index contributed by atoms with van der Waals surface area (Å²) >= 11 is 0. The molecule has 0 amide bonds. The molecule has 2 heteroatoms. The summed E-state index contributed by atoms with van der Waals surface area (Å²) in [6.07, 6.45) is 5.24. The largest absolute Gasteiger partial charge is 0.384 e. The van der Waals surface area contributed by atoms with E-state index in [0.29, 0.717) is 0 Å². The Labute approximate surface area is 110 Å². The summed E-state index contributed by atoms with van der Waals surface area (Å²) < 4.78 is 0. The zero-order valence-electron chi connectivity index (χ0n) is 11.3. The number of nitrogens with one attached hydrogen (secondary N) is 2. The molecule has 0 bridgehead atoms. The van der Waals surface area contributed by atoms with Crippen molar-refractivity contribution in [1.29, 1.82) is 0 Å². The molecule has 1 saturated heterocycles. The van der Waals surface area contributed by atoms with Gasteiger partial charge in [0.2, 0.25) is 0 Å². The van der Waals surface area contributed by atoms with Crippen LogP contribution in [-0.2, 0) is 6.42 Å². The summed E-state index contributed by atoms with van der Waals surface area (Å²) in [5.74, 6) is 1.61. The average Bonchev–Trinajstić information content (AvgIpc) is 2.83. The van der Waals surface area contributed by atoms with Gasteiger partial charge in [-0.25, -0.2) is 0 Å². The van der Waals surface area contributed by atoms with Crippen LogP contribution in [0, 0.1) is 5.92 Å². The van der Waals surface area contributed by atoms with Crippen LogP contribution in [0.1, 0.15) is 43.2 Å². The normalized spacial score (nSPS) is 26.7. The van der Waals surface area contributed by atoms with E-state index in [1.54, 1.807) is 5.56 Å². The molecule has 2 N–H and O–H groups in total. The fraction of sp³-hybridized carbons (Fsp3) is 0.625. The molecule has 1 unspecified atom stereocenters. The zero-order valence-corrected chi connectivity index (χ0v) is 11.3. The molecule has 0 aliphatic carbocycles. The number of rotatable bonds is 3. The maximum atomic E-state index is 3.64. The molecule has 18 heavy (non-hydrogen) atoms. The van der Waals surface area contributed by atoms with Gasteiger partial charge in [-0.1, -0.05) is 25.1 Å². The molecule has 0 saturated carbocycles. The summed E-state index contributed by atoms with van der Waals surface area (Å²) in [5, 5.41) is 7.17. The van der Waals surface area contributed by atoms with Crippen molar-refractivity contribution >= 4 is 5.69 Å². The van der Waals surface area contributed by atoms with Gasteiger partial charge in [0.05, 0.1) is 0 Å². The van der Waals surface area contributed by atoms with Gasteiger partial charge in [0.1, 0.15) is 0 Å². The fourth-order valence-electron chi connectivity index (χ4n) is 3.54. The lowest BCUT2D eigenvalue weighted by atomic mass is 9.86. The molecular weight excluding hydrogens is 220 g/mol. The van der Waals surface area contributed by atoms with E-state index in [-0.39, 0.29) is 0 Å². The molecule has 0 spiro atoms. The van der Waals surface area contributed by atoms with Crippen molar-refractivity contribution in [3.05, 3.63) is 29.3 Å².